The van der Waals surface area contributed by atoms with Gasteiger partial charge in [-0.3, -0.25) is 4.79 Å². The van der Waals surface area contributed by atoms with Crippen molar-refractivity contribution in [2.45, 2.75) is 12.8 Å². The fraction of sp³-hybridized carbons (Fsp3) is 0.462. The molecular formula is C13H17ClN2O. The summed E-state index contributed by atoms with van der Waals surface area (Å²) in [5.41, 5.74) is 3.43. The SMILES string of the molecule is CN(CCCl)c1ccc2c(c1)CCC(=O)N2C. The predicted molar refractivity (Wildman–Crippen MR) is 72.2 cm³/mol. The second-order valence-corrected chi connectivity index (χ2v) is 4.75. The van der Waals surface area contributed by atoms with E-state index in [0.717, 1.165) is 24.3 Å². The molecule has 1 aliphatic heterocycles. The highest BCUT2D eigenvalue weighted by molar-refractivity contribution is 6.18. The molecule has 0 spiro atoms. The molecule has 0 unspecified atom stereocenters. The number of halogens is 1. The van der Waals surface area contributed by atoms with Crippen molar-refractivity contribution in [1.29, 1.82) is 0 Å². The Bertz CT molecular complexity index is 433. The van der Waals surface area contributed by atoms with Gasteiger partial charge in [-0.2, -0.15) is 0 Å². The van der Waals surface area contributed by atoms with Crippen LogP contribution in [0.2, 0.25) is 0 Å². The largest absolute Gasteiger partial charge is 0.373 e. The maximum atomic E-state index is 11.6. The first-order valence-corrected chi connectivity index (χ1v) is 6.33. The first-order valence-electron chi connectivity index (χ1n) is 5.80. The number of hydrogen-bond donors (Lipinski definition) is 0. The zero-order valence-electron chi connectivity index (χ0n) is 10.2. The number of nitrogens with zero attached hydrogens (tertiary/aromatic N) is 2. The van der Waals surface area contributed by atoms with Crippen LogP contribution in [0.25, 0.3) is 0 Å². The summed E-state index contributed by atoms with van der Waals surface area (Å²) in [6.45, 7) is 0.828. The van der Waals surface area contributed by atoms with Crippen LogP contribution < -0.4 is 9.80 Å². The molecular weight excluding hydrogens is 236 g/mol. The molecule has 4 heteroatoms. The van der Waals surface area contributed by atoms with Crippen molar-refractivity contribution in [3.8, 4) is 0 Å². The number of carbonyl (C=O) groups is 1. The van der Waals surface area contributed by atoms with Gasteiger partial charge < -0.3 is 9.80 Å². The van der Waals surface area contributed by atoms with Crippen LogP contribution in [0, 0.1) is 0 Å². The van der Waals surface area contributed by atoms with Crippen LogP contribution in [0.1, 0.15) is 12.0 Å². The first-order chi connectivity index (χ1) is 8.13. The van der Waals surface area contributed by atoms with Gasteiger partial charge in [-0.25, -0.2) is 0 Å². The van der Waals surface area contributed by atoms with E-state index in [-0.39, 0.29) is 5.91 Å². The van der Waals surface area contributed by atoms with Crippen molar-refractivity contribution in [3.63, 3.8) is 0 Å². The third kappa shape index (κ3) is 2.39. The highest BCUT2D eigenvalue weighted by Crippen LogP contribution is 2.30. The zero-order valence-corrected chi connectivity index (χ0v) is 11.0. The number of alkyl halides is 1. The van der Waals surface area contributed by atoms with Gasteiger partial charge in [-0.1, -0.05) is 0 Å². The van der Waals surface area contributed by atoms with Crippen LogP contribution in [0.3, 0.4) is 0 Å². The number of amides is 1. The summed E-state index contributed by atoms with van der Waals surface area (Å²) < 4.78 is 0. The molecule has 1 amide bonds. The Balaban J connectivity index is 2.29. The molecule has 1 aromatic rings. The van der Waals surface area contributed by atoms with E-state index in [1.165, 1.54) is 5.56 Å². The van der Waals surface area contributed by atoms with E-state index < -0.39 is 0 Å². The Morgan fingerprint density at radius 3 is 2.88 bits per heavy atom. The topological polar surface area (TPSA) is 23.6 Å². The molecule has 0 saturated heterocycles. The quantitative estimate of drug-likeness (QED) is 0.771. The van der Waals surface area contributed by atoms with E-state index in [4.69, 9.17) is 11.6 Å². The number of aryl methyl sites for hydroxylation is 1. The smallest absolute Gasteiger partial charge is 0.227 e. The van der Waals surface area contributed by atoms with E-state index in [0.29, 0.717) is 12.3 Å². The van der Waals surface area contributed by atoms with Crippen molar-refractivity contribution >= 4 is 28.9 Å². The summed E-state index contributed by atoms with van der Waals surface area (Å²) >= 11 is 5.74. The van der Waals surface area contributed by atoms with Crippen LogP contribution in [-0.2, 0) is 11.2 Å². The van der Waals surface area contributed by atoms with E-state index in [1.807, 2.05) is 26.2 Å². The molecule has 0 saturated carbocycles. The van der Waals surface area contributed by atoms with Gasteiger partial charge in [-0.15, -0.1) is 11.6 Å². The van der Waals surface area contributed by atoms with Gasteiger partial charge in [0.15, 0.2) is 0 Å². The van der Waals surface area contributed by atoms with Gasteiger partial charge in [-0.05, 0) is 30.2 Å². The lowest BCUT2D eigenvalue weighted by atomic mass is 10.0. The normalized spacial score (nSPS) is 14.8. The maximum absolute atomic E-state index is 11.6. The Kier molecular flexibility index (Phi) is 3.57. The van der Waals surface area contributed by atoms with E-state index >= 15 is 0 Å². The minimum atomic E-state index is 0.194. The summed E-state index contributed by atoms with van der Waals surface area (Å²) in [5, 5.41) is 0. The van der Waals surface area contributed by atoms with E-state index in [9.17, 15) is 4.79 Å². The summed E-state index contributed by atoms with van der Waals surface area (Å²) in [5.74, 6) is 0.811. The average Bonchev–Trinajstić information content (AvgIpc) is 2.34. The number of carbonyl (C=O) groups excluding carboxylic acids is 1. The van der Waals surface area contributed by atoms with E-state index in [1.54, 1.807) is 4.90 Å². The highest BCUT2D eigenvalue weighted by atomic mass is 35.5. The van der Waals surface area contributed by atoms with Crippen molar-refractivity contribution in [2.24, 2.45) is 0 Å². The van der Waals surface area contributed by atoms with Gasteiger partial charge in [0.05, 0.1) is 0 Å². The molecule has 0 fully saturated rings. The van der Waals surface area contributed by atoms with Gasteiger partial charge in [0.1, 0.15) is 0 Å². The molecule has 0 aliphatic carbocycles. The lowest BCUT2D eigenvalue weighted by Gasteiger charge is -2.27. The molecule has 0 bridgehead atoms. The maximum Gasteiger partial charge on any atom is 0.227 e. The van der Waals surface area contributed by atoms with Gasteiger partial charge in [0.2, 0.25) is 5.91 Å². The van der Waals surface area contributed by atoms with Crippen molar-refractivity contribution < 1.29 is 4.79 Å². The van der Waals surface area contributed by atoms with Crippen LogP contribution in [0.15, 0.2) is 18.2 Å². The summed E-state index contributed by atoms with van der Waals surface area (Å²) in [6, 6.07) is 6.22. The lowest BCUT2D eigenvalue weighted by Crippen LogP contribution is -2.31. The molecule has 92 valence electrons. The van der Waals surface area contributed by atoms with Crippen molar-refractivity contribution in [2.75, 3.05) is 36.3 Å². The van der Waals surface area contributed by atoms with Crippen LogP contribution in [0.5, 0.6) is 0 Å². The second-order valence-electron chi connectivity index (χ2n) is 4.38. The number of fused-ring (bicyclic) bond motifs is 1. The fourth-order valence-corrected chi connectivity index (χ4v) is 2.39. The minimum Gasteiger partial charge on any atom is -0.373 e. The summed E-state index contributed by atoms with van der Waals surface area (Å²) in [7, 11) is 3.87. The Labute approximate surface area is 107 Å². The molecule has 1 aliphatic rings. The van der Waals surface area contributed by atoms with Crippen molar-refractivity contribution in [1.82, 2.24) is 0 Å². The summed E-state index contributed by atoms with van der Waals surface area (Å²) in [6.07, 6.45) is 1.44. The number of benzene rings is 1. The minimum absolute atomic E-state index is 0.194. The lowest BCUT2D eigenvalue weighted by molar-refractivity contribution is -0.118. The molecule has 17 heavy (non-hydrogen) atoms. The first kappa shape index (κ1) is 12.2. The number of rotatable bonds is 3. The predicted octanol–water partition coefficient (Wildman–Crippen LogP) is 2.27. The molecule has 1 aromatic carbocycles. The van der Waals surface area contributed by atoms with Gasteiger partial charge >= 0.3 is 0 Å². The van der Waals surface area contributed by atoms with Crippen LogP contribution >= 0.6 is 11.6 Å². The van der Waals surface area contributed by atoms with Gasteiger partial charge in [0.25, 0.3) is 0 Å². The van der Waals surface area contributed by atoms with Crippen LogP contribution in [0.4, 0.5) is 11.4 Å². The standard InChI is InChI=1S/C13H17ClN2O/c1-15(8-7-14)11-4-5-12-10(9-11)3-6-13(17)16(12)2/h4-5,9H,3,6-8H2,1-2H3. The van der Waals surface area contributed by atoms with E-state index in [2.05, 4.69) is 11.0 Å². The fourth-order valence-electron chi connectivity index (χ4n) is 2.14. The molecule has 0 aromatic heterocycles. The molecule has 0 radical (unpaired) electrons. The Morgan fingerprint density at radius 1 is 1.41 bits per heavy atom. The second kappa shape index (κ2) is 4.96. The zero-order chi connectivity index (χ0) is 12.4. The van der Waals surface area contributed by atoms with Gasteiger partial charge in [0, 0.05) is 44.3 Å². The highest BCUT2D eigenvalue weighted by Gasteiger charge is 2.21. The monoisotopic (exact) mass is 252 g/mol. The molecule has 1 heterocycles. The molecule has 0 atom stereocenters. The molecule has 3 nitrogen and oxygen atoms in total. The Hall–Kier alpha value is -1.22. The van der Waals surface area contributed by atoms with Crippen LogP contribution in [-0.4, -0.2) is 32.4 Å². The van der Waals surface area contributed by atoms with Crippen molar-refractivity contribution in [3.05, 3.63) is 23.8 Å². The third-order valence-corrected chi connectivity index (χ3v) is 3.44. The number of hydrogen-bond acceptors (Lipinski definition) is 2. The summed E-state index contributed by atoms with van der Waals surface area (Å²) in [4.78, 5) is 15.4. The molecule has 0 N–H and O–H groups in total. The average molecular weight is 253 g/mol. The number of anilines is 2. The Morgan fingerprint density at radius 2 is 2.18 bits per heavy atom. The molecule has 2 rings (SSSR count). The third-order valence-electron chi connectivity index (χ3n) is 3.27.